The Kier molecular flexibility index (Phi) is 7.25. The Bertz CT molecular complexity index is 998. The summed E-state index contributed by atoms with van der Waals surface area (Å²) < 4.78 is 11.0. The number of ether oxygens (including phenoxy) is 2. The highest BCUT2D eigenvalue weighted by molar-refractivity contribution is 6.06. The van der Waals surface area contributed by atoms with E-state index in [0.717, 1.165) is 42.0 Å². The van der Waals surface area contributed by atoms with Crippen LogP contribution in [0.5, 0.6) is 11.5 Å². The molecule has 6 nitrogen and oxygen atoms in total. The van der Waals surface area contributed by atoms with E-state index < -0.39 is 0 Å². The minimum Gasteiger partial charge on any atom is -0.497 e. The molecule has 6 heteroatoms. The molecule has 0 aliphatic rings. The molecule has 0 unspecified atom stereocenters. The van der Waals surface area contributed by atoms with Crippen molar-refractivity contribution in [3.8, 4) is 11.5 Å². The zero-order chi connectivity index (χ0) is 21.5. The fourth-order valence-corrected chi connectivity index (χ4v) is 3.27. The molecule has 0 aliphatic carbocycles. The van der Waals surface area contributed by atoms with Crippen LogP contribution < -0.4 is 14.8 Å². The van der Waals surface area contributed by atoms with E-state index in [4.69, 9.17) is 9.47 Å². The number of likely N-dealkylation sites (N-methyl/N-ethyl adjacent to an activating group) is 1. The molecule has 0 saturated carbocycles. The topological polar surface area (TPSA) is 63.7 Å². The molecule has 3 aromatic rings. The Hall–Kier alpha value is -3.12. The number of hydrogen-bond donors (Lipinski definition) is 1. The van der Waals surface area contributed by atoms with E-state index in [0.29, 0.717) is 23.6 Å². The fourth-order valence-electron chi connectivity index (χ4n) is 3.27. The Morgan fingerprint density at radius 3 is 2.40 bits per heavy atom. The van der Waals surface area contributed by atoms with Gasteiger partial charge in [-0.25, -0.2) is 0 Å². The number of pyridine rings is 1. The van der Waals surface area contributed by atoms with Crippen LogP contribution in [0, 0.1) is 6.92 Å². The number of nitrogens with one attached hydrogen (secondary N) is 1. The van der Waals surface area contributed by atoms with Gasteiger partial charge in [-0.05, 0) is 62.5 Å². The first kappa shape index (κ1) is 21.6. The zero-order valence-corrected chi connectivity index (χ0v) is 18.1. The SMILES string of the molecule is CCN(CC)CCOc1ccc(NC(=O)c2cc3ccc(OC)cc3nc2C)cc1. The van der Waals surface area contributed by atoms with Crippen molar-refractivity contribution in [3.63, 3.8) is 0 Å². The van der Waals surface area contributed by atoms with Gasteiger partial charge in [-0.2, -0.15) is 0 Å². The van der Waals surface area contributed by atoms with E-state index in [1.807, 2.05) is 55.5 Å². The molecule has 0 radical (unpaired) electrons. The van der Waals surface area contributed by atoms with Gasteiger partial charge in [-0.15, -0.1) is 0 Å². The lowest BCUT2D eigenvalue weighted by atomic mass is 10.1. The number of aryl methyl sites for hydroxylation is 1. The number of carbonyl (C=O) groups is 1. The maximum Gasteiger partial charge on any atom is 0.257 e. The number of rotatable bonds is 9. The zero-order valence-electron chi connectivity index (χ0n) is 18.1. The van der Waals surface area contributed by atoms with E-state index in [-0.39, 0.29) is 5.91 Å². The van der Waals surface area contributed by atoms with Crippen LogP contribution in [-0.4, -0.2) is 49.1 Å². The fraction of sp³-hybridized carbons (Fsp3) is 0.333. The van der Waals surface area contributed by atoms with Gasteiger partial charge < -0.3 is 19.7 Å². The normalized spacial score (nSPS) is 11.0. The summed E-state index contributed by atoms with van der Waals surface area (Å²) in [6.07, 6.45) is 0. The lowest BCUT2D eigenvalue weighted by molar-refractivity contribution is 0.102. The van der Waals surface area contributed by atoms with Crippen LogP contribution in [0.25, 0.3) is 10.9 Å². The number of hydrogen-bond acceptors (Lipinski definition) is 5. The maximum absolute atomic E-state index is 12.8. The molecule has 0 spiro atoms. The van der Waals surface area contributed by atoms with Gasteiger partial charge in [0.15, 0.2) is 0 Å². The van der Waals surface area contributed by atoms with Crippen LogP contribution in [0.15, 0.2) is 48.5 Å². The summed E-state index contributed by atoms with van der Waals surface area (Å²) >= 11 is 0. The molecule has 0 aliphatic heterocycles. The van der Waals surface area contributed by atoms with Crippen molar-refractivity contribution < 1.29 is 14.3 Å². The van der Waals surface area contributed by atoms with Crippen LogP contribution in [-0.2, 0) is 0 Å². The number of benzene rings is 2. The Morgan fingerprint density at radius 1 is 1.03 bits per heavy atom. The number of amides is 1. The van der Waals surface area contributed by atoms with Gasteiger partial charge in [0.25, 0.3) is 5.91 Å². The highest BCUT2D eigenvalue weighted by atomic mass is 16.5. The largest absolute Gasteiger partial charge is 0.497 e. The molecule has 1 heterocycles. The van der Waals surface area contributed by atoms with Crippen molar-refractivity contribution in [1.82, 2.24) is 9.88 Å². The second-order valence-corrected chi connectivity index (χ2v) is 7.03. The number of nitrogens with zero attached hydrogens (tertiary/aromatic N) is 2. The first-order chi connectivity index (χ1) is 14.5. The van der Waals surface area contributed by atoms with Crippen molar-refractivity contribution in [2.24, 2.45) is 0 Å². The molecule has 0 atom stereocenters. The highest BCUT2D eigenvalue weighted by Crippen LogP contribution is 2.23. The van der Waals surface area contributed by atoms with Gasteiger partial charge in [0, 0.05) is 23.7 Å². The van der Waals surface area contributed by atoms with Crippen molar-refractivity contribution in [3.05, 3.63) is 59.8 Å². The molecule has 0 fully saturated rings. The lowest BCUT2D eigenvalue weighted by Crippen LogP contribution is -2.27. The van der Waals surface area contributed by atoms with Crippen LogP contribution in [0.3, 0.4) is 0 Å². The smallest absolute Gasteiger partial charge is 0.257 e. The third kappa shape index (κ3) is 5.27. The summed E-state index contributed by atoms with van der Waals surface area (Å²) in [5, 5.41) is 3.83. The standard InChI is InChI=1S/C24H29N3O3/c1-5-27(6-2)13-14-30-20-11-8-19(9-12-20)26-24(28)22-15-18-7-10-21(29-4)16-23(18)25-17(22)3/h7-12,15-16H,5-6,13-14H2,1-4H3,(H,26,28). The molecule has 1 amide bonds. The molecule has 1 aromatic heterocycles. The average molecular weight is 408 g/mol. The van der Waals surface area contributed by atoms with Gasteiger partial charge in [0.2, 0.25) is 0 Å². The van der Waals surface area contributed by atoms with Crippen LogP contribution in [0.4, 0.5) is 5.69 Å². The number of methoxy groups -OCH3 is 1. The molecule has 2 aromatic carbocycles. The van der Waals surface area contributed by atoms with Gasteiger partial charge in [0.05, 0.1) is 23.9 Å². The van der Waals surface area contributed by atoms with E-state index in [1.54, 1.807) is 7.11 Å². The molecule has 3 rings (SSSR count). The maximum atomic E-state index is 12.8. The number of aromatic nitrogens is 1. The summed E-state index contributed by atoms with van der Waals surface area (Å²) in [6.45, 7) is 9.68. The first-order valence-corrected chi connectivity index (χ1v) is 10.3. The van der Waals surface area contributed by atoms with E-state index in [2.05, 4.69) is 29.0 Å². The minimum absolute atomic E-state index is 0.187. The quantitative estimate of drug-likeness (QED) is 0.565. The van der Waals surface area contributed by atoms with E-state index in [1.165, 1.54) is 0 Å². The van der Waals surface area contributed by atoms with Crippen molar-refractivity contribution in [1.29, 1.82) is 0 Å². The van der Waals surface area contributed by atoms with Crippen molar-refractivity contribution in [2.75, 3.05) is 38.7 Å². The van der Waals surface area contributed by atoms with Crippen LogP contribution in [0.1, 0.15) is 29.9 Å². The van der Waals surface area contributed by atoms with Gasteiger partial charge >= 0.3 is 0 Å². The Labute approximate surface area is 177 Å². The molecule has 158 valence electrons. The average Bonchev–Trinajstić information content (AvgIpc) is 2.77. The number of anilines is 1. The summed E-state index contributed by atoms with van der Waals surface area (Å²) in [6, 6.07) is 14.9. The monoisotopic (exact) mass is 407 g/mol. The number of fused-ring (bicyclic) bond motifs is 1. The predicted molar refractivity (Wildman–Crippen MR) is 121 cm³/mol. The number of carbonyl (C=O) groups excluding carboxylic acids is 1. The predicted octanol–water partition coefficient (Wildman–Crippen LogP) is 4.52. The third-order valence-electron chi connectivity index (χ3n) is 5.14. The van der Waals surface area contributed by atoms with Crippen molar-refractivity contribution in [2.45, 2.75) is 20.8 Å². The Morgan fingerprint density at radius 2 is 1.73 bits per heavy atom. The molecular weight excluding hydrogens is 378 g/mol. The molecular formula is C24H29N3O3. The molecule has 1 N–H and O–H groups in total. The third-order valence-corrected chi connectivity index (χ3v) is 5.14. The van der Waals surface area contributed by atoms with E-state index in [9.17, 15) is 4.79 Å². The second kappa shape index (κ2) is 10.1. The molecule has 30 heavy (non-hydrogen) atoms. The molecule has 0 saturated heterocycles. The molecule has 0 bridgehead atoms. The van der Waals surface area contributed by atoms with Crippen LogP contribution in [0.2, 0.25) is 0 Å². The van der Waals surface area contributed by atoms with Gasteiger partial charge in [-0.1, -0.05) is 13.8 Å². The second-order valence-electron chi connectivity index (χ2n) is 7.03. The highest BCUT2D eigenvalue weighted by Gasteiger charge is 2.13. The van der Waals surface area contributed by atoms with Crippen molar-refractivity contribution >= 4 is 22.5 Å². The summed E-state index contributed by atoms with van der Waals surface area (Å²) in [5.41, 5.74) is 2.73. The van der Waals surface area contributed by atoms with Gasteiger partial charge in [0.1, 0.15) is 18.1 Å². The van der Waals surface area contributed by atoms with Crippen LogP contribution >= 0.6 is 0 Å². The van der Waals surface area contributed by atoms with E-state index >= 15 is 0 Å². The lowest BCUT2D eigenvalue weighted by Gasteiger charge is -2.18. The van der Waals surface area contributed by atoms with Gasteiger partial charge in [-0.3, -0.25) is 9.78 Å². The summed E-state index contributed by atoms with van der Waals surface area (Å²) in [5.74, 6) is 1.34. The minimum atomic E-state index is -0.187. The summed E-state index contributed by atoms with van der Waals surface area (Å²) in [4.78, 5) is 19.7. The summed E-state index contributed by atoms with van der Waals surface area (Å²) in [7, 11) is 1.62. The first-order valence-electron chi connectivity index (χ1n) is 10.3. The Balaban J connectivity index is 1.65.